The maximum absolute atomic E-state index is 12.0. The zero-order valence-corrected chi connectivity index (χ0v) is 10.8. The molecule has 0 saturated heterocycles. The predicted octanol–water partition coefficient (Wildman–Crippen LogP) is 1.84. The van der Waals surface area contributed by atoms with E-state index in [0.717, 1.165) is 12.8 Å². The Hall–Kier alpha value is -1.58. The highest BCUT2D eigenvalue weighted by atomic mass is 16.2. The standard InChI is InChI=1S/C14H20N2O2/c1-16-9-8-11(10-13(16)17)14(18)15-12-6-4-2-3-5-7-12/h8-10,12H,2-7H2,1H3,(H,15,18). The molecule has 0 unspecified atom stereocenters. The number of nitrogens with one attached hydrogen (secondary N) is 1. The van der Waals surface area contributed by atoms with Crippen molar-refractivity contribution in [2.45, 2.75) is 44.6 Å². The molecular weight excluding hydrogens is 228 g/mol. The van der Waals surface area contributed by atoms with Crippen LogP contribution in [0.2, 0.25) is 0 Å². The molecule has 0 atom stereocenters. The van der Waals surface area contributed by atoms with Crippen LogP contribution in [-0.4, -0.2) is 16.5 Å². The summed E-state index contributed by atoms with van der Waals surface area (Å²) in [5, 5.41) is 3.03. The molecule has 1 fully saturated rings. The number of pyridine rings is 1. The maximum Gasteiger partial charge on any atom is 0.251 e. The first-order valence-electron chi connectivity index (χ1n) is 6.64. The van der Waals surface area contributed by atoms with Gasteiger partial charge >= 0.3 is 0 Å². The van der Waals surface area contributed by atoms with Crippen LogP contribution < -0.4 is 10.9 Å². The number of aromatic nitrogens is 1. The van der Waals surface area contributed by atoms with E-state index in [1.807, 2.05) is 0 Å². The van der Waals surface area contributed by atoms with Crippen molar-refractivity contribution in [3.63, 3.8) is 0 Å². The molecule has 1 aliphatic carbocycles. The minimum absolute atomic E-state index is 0.125. The minimum atomic E-state index is -0.150. The third-order valence-corrected chi connectivity index (χ3v) is 3.56. The van der Waals surface area contributed by atoms with Crippen LogP contribution in [0.25, 0.3) is 0 Å². The van der Waals surface area contributed by atoms with Gasteiger partial charge in [-0.3, -0.25) is 9.59 Å². The van der Waals surface area contributed by atoms with Gasteiger partial charge < -0.3 is 9.88 Å². The number of hydrogen-bond acceptors (Lipinski definition) is 2. The summed E-state index contributed by atoms with van der Waals surface area (Å²) in [5.41, 5.74) is 0.311. The van der Waals surface area contributed by atoms with Gasteiger partial charge in [-0.15, -0.1) is 0 Å². The molecule has 0 radical (unpaired) electrons. The van der Waals surface area contributed by atoms with Gasteiger partial charge in [0.15, 0.2) is 0 Å². The van der Waals surface area contributed by atoms with Crippen LogP contribution >= 0.6 is 0 Å². The van der Waals surface area contributed by atoms with Crippen molar-refractivity contribution in [2.24, 2.45) is 7.05 Å². The van der Waals surface area contributed by atoms with E-state index in [9.17, 15) is 9.59 Å². The molecule has 1 aromatic rings. The van der Waals surface area contributed by atoms with E-state index in [2.05, 4.69) is 5.32 Å². The summed E-state index contributed by atoms with van der Waals surface area (Å²) >= 11 is 0. The Bertz CT molecular complexity index is 471. The van der Waals surface area contributed by atoms with Crippen molar-refractivity contribution >= 4 is 5.91 Å². The molecule has 0 aromatic carbocycles. The number of rotatable bonds is 2. The monoisotopic (exact) mass is 248 g/mol. The molecule has 1 heterocycles. The molecule has 0 bridgehead atoms. The Morgan fingerprint density at radius 3 is 2.56 bits per heavy atom. The number of aryl methyl sites for hydroxylation is 1. The lowest BCUT2D eigenvalue weighted by molar-refractivity contribution is 0.0933. The van der Waals surface area contributed by atoms with E-state index in [1.54, 1.807) is 19.3 Å². The van der Waals surface area contributed by atoms with E-state index in [1.165, 1.54) is 36.3 Å². The highest BCUT2D eigenvalue weighted by molar-refractivity contribution is 5.94. The van der Waals surface area contributed by atoms with E-state index in [4.69, 9.17) is 0 Å². The van der Waals surface area contributed by atoms with Crippen LogP contribution in [0.1, 0.15) is 48.9 Å². The number of hydrogen-bond donors (Lipinski definition) is 1. The van der Waals surface area contributed by atoms with Gasteiger partial charge in [0, 0.05) is 30.9 Å². The first kappa shape index (κ1) is 12.9. The fourth-order valence-electron chi connectivity index (χ4n) is 2.38. The van der Waals surface area contributed by atoms with Crippen LogP contribution in [0.3, 0.4) is 0 Å². The average Bonchev–Trinajstić information content (AvgIpc) is 2.61. The maximum atomic E-state index is 12.0. The van der Waals surface area contributed by atoms with Gasteiger partial charge in [0.1, 0.15) is 0 Å². The number of nitrogens with zero attached hydrogens (tertiary/aromatic N) is 1. The largest absolute Gasteiger partial charge is 0.349 e. The summed E-state index contributed by atoms with van der Waals surface area (Å²) in [6.45, 7) is 0. The Morgan fingerprint density at radius 2 is 1.94 bits per heavy atom. The van der Waals surface area contributed by atoms with Gasteiger partial charge in [-0.1, -0.05) is 25.7 Å². The minimum Gasteiger partial charge on any atom is -0.349 e. The van der Waals surface area contributed by atoms with Gasteiger partial charge in [-0.25, -0.2) is 0 Å². The molecule has 18 heavy (non-hydrogen) atoms. The summed E-state index contributed by atoms with van der Waals surface area (Å²) in [6.07, 6.45) is 8.62. The second kappa shape index (κ2) is 5.85. The fraction of sp³-hybridized carbons (Fsp3) is 0.571. The average molecular weight is 248 g/mol. The van der Waals surface area contributed by atoms with Gasteiger partial charge in [-0.2, -0.15) is 0 Å². The van der Waals surface area contributed by atoms with Crippen LogP contribution in [0.4, 0.5) is 0 Å². The first-order chi connectivity index (χ1) is 8.66. The van der Waals surface area contributed by atoms with E-state index in [0.29, 0.717) is 5.56 Å². The molecule has 1 saturated carbocycles. The van der Waals surface area contributed by atoms with Crippen LogP contribution in [0.5, 0.6) is 0 Å². The first-order valence-corrected chi connectivity index (χ1v) is 6.64. The summed E-state index contributed by atoms with van der Waals surface area (Å²) in [7, 11) is 1.68. The lowest BCUT2D eigenvalue weighted by Crippen LogP contribution is -2.35. The summed E-state index contributed by atoms with van der Waals surface area (Å²) in [6, 6.07) is 3.35. The van der Waals surface area contributed by atoms with E-state index >= 15 is 0 Å². The lowest BCUT2D eigenvalue weighted by Gasteiger charge is -2.16. The van der Waals surface area contributed by atoms with Crippen molar-refractivity contribution in [3.05, 3.63) is 34.2 Å². The lowest BCUT2D eigenvalue weighted by atomic mass is 10.1. The van der Waals surface area contributed by atoms with Gasteiger partial charge in [0.25, 0.3) is 11.5 Å². The number of carbonyl (C=O) groups excluding carboxylic acids is 1. The number of amides is 1. The van der Waals surface area contributed by atoms with Crippen LogP contribution in [0, 0.1) is 0 Å². The van der Waals surface area contributed by atoms with Crippen molar-refractivity contribution in [3.8, 4) is 0 Å². The zero-order valence-electron chi connectivity index (χ0n) is 10.8. The zero-order chi connectivity index (χ0) is 13.0. The second-order valence-corrected chi connectivity index (χ2v) is 5.03. The van der Waals surface area contributed by atoms with Crippen molar-refractivity contribution in [1.29, 1.82) is 0 Å². The normalized spacial score (nSPS) is 17.2. The highest BCUT2D eigenvalue weighted by Gasteiger charge is 2.15. The summed E-state index contributed by atoms with van der Waals surface area (Å²) in [4.78, 5) is 23.5. The molecule has 0 aliphatic heterocycles. The van der Waals surface area contributed by atoms with Gasteiger partial charge in [-0.05, 0) is 18.9 Å². The van der Waals surface area contributed by atoms with Crippen molar-refractivity contribution in [1.82, 2.24) is 9.88 Å². The van der Waals surface area contributed by atoms with Crippen LogP contribution in [0.15, 0.2) is 23.1 Å². The third kappa shape index (κ3) is 3.22. The Morgan fingerprint density at radius 1 is 1.28 bits per heavy atom. The molecule has 1 aliphatic rings. The molecule has 1 amide bonds. The Labute approximate surface area is 107 Å². The molecular formula is C14H20N2O2. The fourth-order valence-corrected chi connectivity index (χ4v) is 2.38. The topological polar surface area (TPSA) is 51.1 Å². The molecule has 98 valence electrons. The van der Waals surface area contributed by atoms with Crippen molar-refractivity contribution in [2.75, 3.05) is 0 Å². The molecule has 1 aromatic heterocycles. The highest BCUT2D eigenvalue weighted by Crippen LogP contribution is 2.17. The molecule has 1 N–H and O–H groups in total. The molecule has 4 nitrogen and oxygen atoms in total. The van der Waals surface area contributed by atoms with E-state index in [-0.39, 0.29) is 17.5 Å². The Balaban J connectivity index is 2.02. The number of carbonyl (C=O) groups is 1. The van der Waals surface area contributed by atoms with Crippen LogP contribution in [-0.2, 0) is 7.05 Å². The van der Waals surface area contributed by atoms with Gasteiger partial charge in [0.05, 0.1) is 0 Å². The van der Waals surface area contributed by atoms with E-state index < -0.39 is 0 Å². The second-order valence-electron chi connectivity index (χ2n) is 5.03. The summed E-state index contributed by atoms with van der Waals surface area (Å²) < 4.78 is 1.46. The SMILES string of the molecule is Cn1ccc(C(=O)NC2CCCCCC2)cc1=O. The third-order valence-electron chi connectivity index (χ3n) is 3.56. The predicted molar refractivity (Wildman–Crippen MR) is 70.6 cm³/mol. The smallest absolute Gasteiger partial charge is 0.251 e. The molecule has 4 heteroatoms. The van der Waals surface area contributed by atoms with Gasteiger partial charge in [0.2, 0.25) is 0 Å². The molecule has 0 spiro atoms. The quantitative estimate of drug-likeness (QED) is 0.812. The Kier molecular flexibility index (Phi) is 4.18. The summed E-state index contributed by atoms with van der Waals surface area (Å²) in [5.74, 6) is -0.125. The molecule has 2 rings (SSSR count). The van der Waals surface area contributed by atoms with Crippen molar-refractivity contribution < 1.29 is 4.79 Å².